The Bertz CT molecular complexity index is 773. The fourth-order valence-electron chi connectivity index (χ4n) is 2.41. The van der Waals surface area contributed by atoms with Crippen LogP contribution in [0.4, 0.5) is 4.39 Å². The molecule has 1 N–H and O–H groups in total. The van der Waals surface area contributed by atoms with Crippen molar-refractivity contribution in [3.63, 3.8) is 0 Å². The summed E-state index contributed by atoms with van der Waals surface area (Å²) in [4.78, 5) is 14.9. The molecule has 0 amide bonds. The third-order valence-corrected chi connectivity index (χ3v) is 3.71. The summed E-state index contributed by atoms with van der Waals surface area (Å²) < 4.78 is 24.7. The molecule has 5 nitrogen and oxygen atoms in total. The molecule has 1 aromatic heterocycles. The zero-order valence-electron chi connectivity index (χ0n) is 12.8. The number of pyridine rings is 1. The van der Waals surface area contributed by atoms with E-state index < -0.39 is 17.5 Å². The zero-order chi connectivity index (χ0) is 16.6. The number of halogens is 1. The lowest BCUT2D eigenvalue weighted by atomic mass is 10.0. The maximum Gasteiger partial charge on any atom is 0.347 e. The average molecular weight is 317 g/mol. The fourth-order valence-corrected chi connectivity index (χ4v) is 2.41. The molecule has 0 aliphatic carbocycles. The van der Waals surface area contributed by atoms with E-state index in [0.29, 0.717) is 29.2 Å². The summed E-state index contributed by atoms with van der Waals surface area (Å²) in [5.74, 6) is -0.698. The number of fused-ring (bicyclic) bond motifs is 1. The Morgan fingerprint density at radius 1 is 1.39 bits per heavy atom. The van der Waals surface area contributed by atoms with E-state index in [1.165, 1.54) is 26.1 Å². The molecule has 3 rings (SSSR count). The molecule has 0 saturated carbocycles. The van der Waals surface area contributed by atoms with Crippen molar-refractivity contribution in [1.82, 2.24) is 4.98 Å². The van der Waals surface area contributed by atoms with Crippen molar-refractivity contribution in [2.24, 2.45) is 0 Å². The predicted octanol–water partition coefficient (Wildman–Crippen LogP) is 3.06. The standard InChI is InChI=1S/C17H16FNO4/c1-17(2,16(20)21)23-14-9-13-11(4-6-22-13)7-12(14)10-3-5-19-15(18)8-10/h3,5,7-9H,4,6H2,1-2H3,(H,20,21). The van der Waals surface area contributed by atoms with Crippen LogP contribution in [-0.2, 0) is 11.2 Å². The van der Waals surface area contributed by atoms with Crippen LogP contribution in [0.15, 0.2) is 30.5 Å². The van der Waals surface area contributed by atoms with Gasteiger partial charge in [-0.25, -0.2) is 9.78 Å². The van der Waals surface area contributed by atoms with Gasteiger partial charge in [0, 0.05) is 30.3 Å². The van der Waals surface area contributed by atoms with Crippen molar-refractivity contribution in [3.8, 4) is 22.6 Å². The molecule has 0 saturated heterocycles. The van der Waals surface area contributed by atoms with Gasteiger partial charge in [0.05, 0.1) is 6.61 Å². The number of benzene rings is 1. The van der Waals surface area contributed by atoms with Gasteiger partial charge >= 0.3 is 5.97 Å². The van der Waals surface area contributed by atoms with Crippen LogP contribution in [0.3, 0.4) is 0 Å². The number of ether oxygens (including phenoxy) is 2. The summed E-state index contributed by atoms with van der Waals surface area (Å²) in [5, 5.41) is 9.28. The molecule has 1 aliphatic heterocycles. The van der Waals surface area contributed by atoms with E-state index in [-0.39, 0.29) is 0 Å². The number of aromatic nitrogens is 1. The Balaban J connectivity index is 2.12. The van der Waals surface area contributed by atoms with E-state index >= 15 is 0 Å². The van der Waals surface area contributed by atoms with Crippen LogP contribution in [0.25, 0.3) is 11.1 Å². The highest BCUT2D eigenvalue weighted by molar-refractivity contribution is 5.78. The summed E-state index contributed by atoms with van der Waals surface area (Å²) >= 11 is 0. The van der Waals surface area contributed by atoms with E-state index in [1.807, 2.05) is 6.07 Å². The highest BCUT2D eigenvalue weighted by atomic mass is 19.1. The van der Waals surface area contributed by atoms with Gasteiger partial charge in [-0.3, -0.25) is 0 Å². The van der Waals surface area contributed by atoms with E-state index in [0.717, 1.165) is 12.0 Å². The largest absolute Gasteiger partial charge is 0.493 e. The Kier molecular flexibility index (Phi) is 3.67. The minimum absolute atomic E-state index is 0.337. The van der Waals surface area contributed by atoms with Crippen molar-refractivity contribution in [1.29, 1.82) is 0 Å². The first-order valence-corrected chi connectivity index (χ1v) is 7.21. The molecule has 0 spiro atoms. The van der Waals surface area contributed by atoms with Crippen LogP contribution in [0.1, 0.15) is 19.4 Å². The molecule has 120 valence electrons. The number of carboxylic acid groups (broad SMARTS) is 1. The van der Waals surface area contributed by atoms with E-state index in [2.05, 4.69) is 4.98 Å². The maximum atomic E-state index is 13.5. The van der Waals surface area contributed by atoms with Crippen LogP contribution in [0.5, 0.6) is 11.5 Å². The Morgan fingerprint density at radius 2 is 2.17 bits per heavy atom. The second kappa shape index (κ2) is 5.53. The first-order chi connectivity index (χ1) is 10.9. The second-order valence-electron chi connectivity index (χ2n) is 5.84. The number of hydrogen-bond donors (Lipinski definition) is 1. The fraction of sp³-hybridized carbons (Fsp3) is 0.294. The second-order valence-corrected chi connectivity index (χ2v) is 5.84. The lowest BCUT2D eigenvalue weighted by Gasteiger charge is -2.24. The maximum absolute atomic E-state index is 13.5. The zero-order valence-corrected chi connectivity index (χ0v) is 12.8. The molecule has 0 fully saturated rings. The van der Waals surface area contributed by atoms with Crippen LogP contribution in [0.2, 0.25) is 0 Å². The molecule has 0 unspecified atom stereocenters. The normalized spacial score (nSPS) is 13.3. The number of carbonyl (C=O) groups is 1. The van der Waals surface area contributed by atoms with Gasteiger partial charge in [0.1, 0.15) is 11.5 Å². The van der Waals surface area contributed by atoms with Gasteiger partial charge in [0.2, 0.25) is 5.95 Å². The third kappa shape index (κ3) is 2.97. The van der Waals surface area contributed by atoms with Crippen molar-refractivity contribution in [2.45, 2.75) is 25.9 Å². The topological polar surface area (TPSA) is 68.7 Å². The van der Waals surface area contributed by atoms with Crippen molar-refractivity contribution >= 4 is 5.97 Å². The predicted molar refractivity (Wildman–Crippen MR) is 81.2 cm³/mol. The van der Waals surface area contributed by atoms with Crippen molar-refractivity contribution in [3.05, 3.63) is 42.0 Å². The molecule has 6 heteroatoms. The number of hydrogen-bond acceptors (Lipinski definition) is 4. The molecule has 2 heterocycles. The Morgan fingerprint density at radius 3 is 2.87 bits per heavy atom. The first-order valence-electron chi connectivity index (χ1n) is 7.21. The van der Waals surface area contributed by atoms with Gasteiger partial charge in [-0.05, 0) is 37.1 Å². The smallest absolute Gasteiger partial charge is 0.347 e. The lowest BCUT2D eigenvalue weighted by Crippen LogP contribution is -2.38. The third-order valence-electron chi connectivity index (χ3n) is 3.71. The lowest BCUT2D eigenvalue weighted by molar-refractivity contribution is -0.152. The summed E-state index contributed by atoms with van der Waals surface area (Å²) in [6.07, 6.45) is 2.11. The molecule has 0 radical (unpaired) electrons. The molecule has 0 bridgehead atoms. The Hall–Kier alpha value is -2.63. The van der Waals surface area contributed by atoms with Crippen LogP contribution < -0.4 is 9.47 Å². The SMILES string of the molecule is CC(C)(Oc1cc2c(cc1-c1ccnc(F)c1)CCO2)C(=O)O. The molecule has 23 heavy (non-hydrogen) atoms. The summed E-state index contributed by atoms with van der Waals surface area (Å²) in [5.41, 5.74) is 0.749. The van der Waals surface area contributed by atoms with Crippen molar-refractivity contribution < 1.29 is 23.8 Å². The minimum atomic E-state index is -1.42. The van der Waals surface area contributed by atoms with Crippen molar-refractivity contribution in [2.75, 3.05) is 6.61 Å². The van der Waals surface area contributed by atoms with Gasteiger partial charge in [-0.15, -0.1) is 0 Å². The van der Waals surface area contributed by atoms with Crippen LogP contribution in [0, 0.1) is 5.95 Å². The number of rotatable bonds is 4. The molecular weight excluding hydrogens is 301 g/mol. The van der Waals surface area contributed by atoms with E-state index in [4.69, 9.17) is 9.47 Å². The van der Waals surface area contributed by atoms with Crippen LogP contribution >= 0.6 is 0 Å². The summed E-state index contributed by atoms with van der Waals surface area (Å²) in [6, 6.07) is 6.46. The summed E-state index contributed by atoms with van der Waals surface area (Å²) in [6.45, 7) is 3.48. The minimum Gasteiger partial charge on any atom is -0.493 e. The highest BCUT2D eigenvalue weighted by Gasteiger charge is 2.31. The first kappa shape index (κ1) is 15.3. The number of aliphatic carboxylic acids is 1. The average Bonchev–Trinajstić information content (AvgIpc) is 2.93. The van der Waals surface area contributed by atoms with Gasteiger partial charge in [-0.2, -0.15) is 4.39 Å². The van der Waals surface area contributed by atoms with E-state index in [1.54, 1.807) is 12.1 Å². The van der Waals surface area contributed by atoms with Gasteiger partial charge in [0.25, 0.3) is 0 Å². The number of nitrogens with zero attached hydrogens (tertiary/aromatic N) is 1. The molecule has 1 aliphatic rings. The molecule has 1 aromatic carbocycles. The Labute approximate surface area is 132 Å². The summed E-state index contributed by atoms with van der Waals surface area (Å²) in [7, 11) is 0. The molecule has 0 atom stereocenters. The van der Waals surface area contributed by atoms with E-state index in [9.17, 15) is 14.3 Å². The molecular formula is C17H16FNO4. The number of carboxylic acids is 1. The monoisotopic (exact) mass is 317 g/mol. The van der Waals surface area contributed by atoms with Gasteiger partial charge in [-0.1, -0.05) is 0 Å². The highest BCUT2D eigenvalue weighted by Crippen LogP contribution is 2.40. The quantitative estimate of drug-likeness (QED) is 0.878. The van der Waals surface area contributed by atoms with Crippen LogP contribution in [-0.4, -0.2) is 28.3 Å². The molecule has 2 aromatic rings. The van der Waals surface area contributed by atoms with Gasteiger partial charge < -0.3 is 14.6 Å². The van der Waals surface area contributed by atoms with Gasteiger partial charge in [0.15, 0.2) is 5.60 Å².